The van der Waals surface area contributed by atoms with Crippen molar-refractivity contribution in [2.45, 2.75) is 52.2 Å². The smallest absolute Gasteiger partial charge is 0.226 e. The molecule has 0 fully saturated rings. The Morgan fingerprint density at radius 3 is 2.62 bits per heavy atom. The Bertz CT molecular complexity index is 888. The van der Waals surface area contributed by atoms with Crippen LogP contribution in [0.1, 0.15) is 66.0 Å². The molecule has 0 radical (unpaired) electrons. The monoisotopic (exact) mass is 428 g/mol. The lowest BCUT2D eigenvalue weighted by atomic mass is 10.0. The molecule has 0 bridgehead atoms. The lowest BCUT2D eigenvalue weighted by Gasteiger charge is -2.18. The second-order valence-electron chi connectivity index (χ2n) is 6.96. The van der Waals surface area contributed by atoms with Crippen molar-refractivity contribution in [3.05, 3.63) is 73.9 Å². The van der Waals surface area contributed by atoms with Crippen LogP contribution < -0.4 is 5.32 Å². The Morgan fingerprint density at radius 1 is 1.17 bits per heavy atom. The van der Waals surface area contributed by atoms with Gasteiger partial charge in [0.2, 0.25) is 5.91 Å². The van der Waals surface area contributed by atoms with E-state index in [4.69, 9.17) is 4.74 Å². The fraction of sp³-hybridized carbons (Fsp3) is 0.391. The van der Waals surface area contributed by atoms with E-state index in [2.05, 4.69) is 47.6 Å². The van der Waals surface area contributed by atoms with Crippen LogP contribution >= 0.6 is 22.7 Å². The number of hydrogen-bond donors (Lipinski definition) is 1. The van der Waals surface area contributed by atoms with Crippen LogP contribution in [-0.2, 0) is 22.4 Å². The van der Waals surface area contributed by atoms with E-state index in [1.54, 1.807) is 22.7 Å². The van der Waals surface area contributed by atoms with E-state index in [0.717, 1.165) is 34.0 Å². The third kappa shape index (κ3) is 5.98. The minimum absolute atomic E-state index is 0.0260. The Kier molecular flexibility index (Phi) is 7.98. The van der Waals surface area contributed by atoms with Gasteiger partial charge in [0.05, 0.1) is 18.2 Å². The van der Waals surface area contributed by atoms with Crippen LogP contribution in [0, 0.1) is 0 Å². The number of nitrogens with one attached hydrogen (secondary N) is 1. The Balaban J connectivity index is 1.70. The molecule has 0 spiro atoms. The normalized spacial score (nSPS) is 13.2. The summed E-state index contributed by atoms with van der Waals surface area (Å²) in [6.45, 7) is 6.79. The lowest BCUT2D eigenvalue weighted by molar-refractivity contribution is -0.121. The summed E-state index contributed by atoms with van der Waals surface area (Å²) in [4.78, 5) is 18.5. The van der Waals surface area contributed by atoms with Gasteiger partial charge in [0.15, 0.2) is 0 Å². The van der Waals surface area contributed by atoms with Crippen LogP contribution in [0.2, 0.25) is 0 Å². The zero-order valence-electron chi connectivity index (χ0n) is 17.2. The number of amides is 1. The molecule has 3 aromatic rings. The molecule has 2 aromatic heterocycles. The van der Waals surface area contributed by atoms with Crippen molar-refractivity contribution < 1.29 is 9.53 Å². The topological polar surface area (TPSA) is 51.2 Å². The molecule has 1 N–H and O–H groups in total. The van der Waals surface area contributed by atoms with Crippen LogP contribution in [-0.4, -0.2) is 17.5 Å². The largest absolute Gasteiger partial charge is 0.372 e. The third-order valence-corrected chi connectivity index (χ3v) is 6.65. The number of benzene rings is 1. The molecule has 154 valence electrons. The number of thiophene rings is 1. The van der Waals surface area contributed by atoms with Gasteiger partial charge in [-0.05, 0) is 42.8 Å². The van der Waals surface area contributed by atoms with Gasteiger partial charge in [-0.3, -0.25) is 4.79 Å². The van der Waals surface area contributed by atoms with Gasteiger partial charge in [-0.25, -0.2) is 4.98 Å². The summed E-state index contributed by atoms with van der Waals surface area (Å²) in [6.07, 6.45) is 2.43. The predicted molar refractivity (Wildman–Crippen MR) is 121 cm³/mol. The number of ether oxygens (including phenoxy) is 1. The maximum Gasteiger partial charge on any atom is 0.226 e. The minimum Gasteiger partial charge on any atom is -0.372 e. The molecule has 0 saturated carbocycles. The summed E-state index contributed by atoms with van der Waals surface area (Å²) >= 11 is 3.20. The first kappa shape index (κ1) is 21.7. The zero-order chi connectivity index (χ0) is 20.6. The average Bonchev–Trinajstić information content (AvgIpc) is 3.40. The maximum absolute atomic E-state index is 12.8. The average molecular weight is 429 g/mol. The molecule has 29 heavy (non-hydrogen) atoms. The van der Waals surface area contributed by atoms with E-state index in [-0.39, 0.29) is 24.5 Å². The van der Waals surface area contributed by atoms with Gasteiger partial charge in [0.1, 0.15) is 11.1 Å². The van der Waals surface area contributed by atoms with Crippen LogP contribution in [0.15, 0.2) is 47.2 Å². The highest BCUT2D eigenvalue weighted by Gasteiger charge is 2.19. The first-order chi connectivity index (χ1) is 14.1. The maximum atomic E-state index is 12.8. The summed E-state index contributed by atoms with van der Waals surface area (Å²) in [5, 5.41) is 8.11. The van der Waals surface area contributed by atoms with Crippen molar-refractivity contribution in [2.24, 2.45) is 0 Å². The predicted octanol–water partition coefficient (Wildman–Crippen LogP) is 5.70. The fourth-order valence-corrected chi connectivity index (χ4v) is 4.85. The Labute approximate surface area is 181 Å². The van der Waals surface area contributed by atoms with E-state index in [1.807, 2.05) is 30.7 Å². The van der Waals surface area contributed by atoms with E-state index >= 15 is 0 Å². The number of aryl methyl sites for hydroxylation is 1. The van der Waals surface area contributed by atoms with Gasteiger partial charge in [-0.2, -0.15) is 0 Å². The molecule has 6 heteroatoms. The molecule has 2 unspecified atom stereocenters. The molecule has 4 nitrogen and oxygen atoms in total. The Morgan fingerprint density at radius 2 is 1.97 bits per heavy atom. The first-order valence-electron chi connectivity index (χ1n) is 10.1. The van der Waals surface area contributed by atoms with Crippen molar-refractivity contribution >= 4 is 28.6 Å². The number of hydrogen-bond acceptors (Lipinski definition) is 5. The van der Waals surface area contributed by atoms with Crippen LogP contribution in [0.25, 0.3) is 0 Å². The van der Waals surface area contributed by atoms with Gasteiger partial charge < -0.3 is 10.1 Å². The Hall–Kier alpha value is -2.02. The van der Waals surface area contributed by atoms with Gasteiger partial charge in [0.25, 0.3) is 0 Å². The fourth-order valence-electron chi connectivity index (χ4n) is 3.23. The zero-order valence-corrected chi connectivity index (χ0v) is 18.8. The molecule has 1 amide bonds. The van der Waals surface area contributed by atoms with Crippen LogP contribution in [0.3, 0.4) is 0 Å². The summed E-state index contributed by atoms with van der Waals surface area (Å²) in [5.41, 5.74) is 3.22. The van der Waals surface area contributed by atoms with Crippen molar-refractivity contribution in [1.29, 1.82) is 0 Å². The summed E-state index contributed by atoms with van der Waals surface area (Å²) in [6, 6.07) is 12.5. The molecule has 0 aliphatic heterocycles. The SMILES string of the molecule is CCCc1ccc(C(NC(=O)Cc2csc(C(C)OCC)n2)c2cccs2)cc1. The quantitative estimate of drug-likeness (QED) is 0.450. The lowest BCUT2D eigenvalue weighted by Crippen LogP contribution is -2.30. The number of nitrogens with zero attached hydrogens (tertiary/aromatic N) is 1. The molecule has 3 rings (SSSR count). The van der Waals surface area contributed by atoms with Crippen molar-refractivity contribution in [3.63, 3.8) is 0 Å². The number of carbonyl (C=O) groups excluding carboxylic acids is 1. The highest BCUT2D eigenvalue weighted by atomic mass is 32.1. The van der Waals surface area contributed by atoms with Crippen molar-refractivity contribution in [1.82, 2.24) is 10.3 Å². The van der Waals surface area contributed by atoms with Crippen LogP contribution in [0.4, 0.5) is 0 Å². The van der Waals surface area contributed by atoms with Crippen molar-refractivity contribution in [3.8, 4) is 0 Å². The van der Waals surface area contributed by atoms with E-state index in [9.17, 15) is 4.79 Å². The molecule has 0 aliphatic carbocycles. The molecule has 2 atom stereocenters. The highest BCUT2D eigenvalue weighted by Crippen LogP contribution is 2.27. The molecule has 0 saturated heterocycles. The second-order valence-corrected chi connectivity index (χ2v) is 8.83. The van der Waals surface area contributed by atoms with E-state index < -0.39 is 0 Å². The summed E-state index contributed by atoms with van der Waals surface area (Å²) < 4.78 is 5.59. The van der Waals surface area contributed by atoms with Crippen molar-refractivity contribution in [2.75, 3.05) is 6.61 Å². The molecular weight excluding hydrogens is 400 g/mol. The summed E-state index contributed by atoms with van der Waals surface area (Å²) in [7, 11) is 0. The first-order valence-corrected chi connectivity index (χ1v) is 11.8. The van der Waals surface area contributed by atoms with Gasteiger partial charge in [-0.15, -0.1) is 22.7 Å². The number of aromatic nitrogens is 1. The molecule has 1 aromatic carbocycles. The molecular formula is C23H28N2O2S2. The molecule has 2 heterocycles. The van der Waals surface area contributed by atoms with Crippen LogP contribution in [0.5, 0.6) is 0 Å². The third-order valence-electron chi connectivity index (χ3n) is 4.66. The van der Waals surface area contributed by atoms with E-state index in [0.29, 0.717) is 6.61 Å². The minimum atomic E-state index is -0.140. The standard InChI is InChI=1S/C23H28N2O2S2/c1-4-7-17-9-11-18(12-10-17)22(20-8-6-13-28-20)25-21(26)14-19-15-29-23(24-19)16(3)27-5-2/h6,8-13,15-16,22H,4-5,7,14H2,1-3H3,(H,25,26). The highest BCUT2D eigenvalue weighted by molar-refractivity contribution is 7.10. The van der Waals surface area contributed by atoms with E-state index in [1.165, 1.54) is 5.56 Å². The van der Waals surface area contributed by atoms with Gasteiger partial charge in [-0.1, -0.05) is 43.7 Å². The number of carbonyl (C=O) groups is 1. The summed E-state index contributed by atoms with van der Waals surface area (Å²) in [5.74, 6) is -0.0260. The second kappa shape index (κ2) is 10.7. The number of rotatable bonds is 10. The van der Waals surface area contributed by atoms with Gasteiger partial charge >= 0.3 is 0 Å². The number of thiazole rings is 1. The van der Waals surface area contributed by atoms with Gasteiger partial charge in [0, 0.05) is 16.9 Å². The molecule has 0 aliphatic rings.